The highest BCUT2D eigenvalue weighted by Crippen LogP contribution is 2.23. The Morgan fingerprint density at radius 3 is 2.52 bits per heavy atom. The van der Waals surface area contributed by atoms with E-state index in [0.29, 0.717) is 11.5 Å². The minimum absolute atomic E-state index is 0. The van der Waals surface area contributed by atoms with Gasteiger partial charge < -0.3 is 11.1 Å². The summed E-state index contributed by atoms with van der Waals surface area (Å²) in [6, 6.07) is 13.3. The standard InChI is InChI=1S/C16H19N3O.ClH/c1-2-6-14(12-7-4-3-5-8-12)16(20)19-13-9-10-15(17)18-11-13;/h3-5,7-11,14H,2,6H2,1H3,(H2,17,18)(H,19,20);1H. The first-order valence-electron chi connectivity index (χ1n) is 6.78. The number of nitrogens with one attached hydrogen (secondary N) is 1. The van der Waals surface area contributed by atoms with Crippen LogP contribution < -0.4 is 11.1 Å². The lowest BCUT2D eigenvalue weighted by atomic mass is 9.93. The number of nitrogens with zero attached hydrogens (tertiary/aromatic N) is 1. The predicted octanol–water partition coefficient (Wildman–Crippen LogP) is 3.61. The third-order valence-corrected chi connectivity index (χ3v) is 3.15. The van der Waals surface area contributed by atoms with Gasteiger partial charge in [0, 0.05) is 0 Å². The maximum Gasteiger partial charge on any atom is 0.231 e. The van der Waals surface area contributed by atoms with Crippen molar-refractivity contribution >= 4 is 29.8 Å². The highest BCUT2D eigenvalue weighted by atomic mass is 35.5. The summed E-state index contributed by atoms with van der Waals surface area (Å²) in [6.07, 6.45) is 3.34. The molecule has 1 atom stereocenters. The highest BCUT2D eigenvalue weighted by Gasteiger charge is 2.19. The summed E-state index contributed by atoms with van der Waals surface area (Å²) in [5.41, 5.74) is 7.24. The Morgan fingerprint density at radius 1 is 1.24 bits per heavy atom. The molecule has 4 nitrogen and oxygen atoms in total. The smallest absolute Gasteiger partial charge is 0.231 e. The first-order chi connectivity index (χ1) is 9.70. The third-order valence-electron chi connectivity index (χ3n) is 3.15. The van der Waals surface area contributed by atoms with Crippen LogP contribution in [0.5, 0.6) is 0 Å². The molecule has 0 spiro atoms. The first-order valence-corrected chi connectivity index (χ1v) is 6.78. The quantitative estimate of drug-likeness (QED) is 0.886. The monoisotopic (exact) mass is 305 g/mol. The van der Waals surface area contributed by atoms with E-state index in [-0.39, 0.29) is 24.2 Å². The number of hydrogen-bond donors (Lipinski definition) is 2. The van der Waals surface area contributed by atoms with Crippen molar-refractivity contribution < 1.29 is 4.79 Å². The van der Waals surface area contributed by atoms with Gasteiger partial charge in [-0.15, -0.1) is 12.4 Å². The Balaban J connectivity index is 0.00000220. The number of anilines is 2. The Hall–Kier alpha value is -2.07. The second kappa shape index (κ2) is 8.27. The first kappa shape index (κ1) is 17.0. The van der Waals surface area contributed by atoms with E-state index in [1.807, 2.05) is 30.3 Å². The van der Waals surface area contributed by atoms with Crippen LogP contribution in [0.15, 0.2) is 48.7 Å². The lowest BCUT2D eigenvalue weighted by molar-refractivity contribution is -0.117. The number of carbonyl (C=O) groups is 1. The van der Waals surface area contributed by atoms with Crippen LogP contribution in [0.25, 0.3) is 0 Å². The second-order valence-corrected chi connectivity index (χ2v) is 4.71. The van der Waals surface area contributed by atoms with E-state index in [9.17, 15) is 4.79 Å². The normalized spacial score (nSPS) is 11.3. The van der Waals surface area contributed by atoms with Crippen molar-refractivity contribution in [2.24, 2.45) is 0 Å². The van der Waals surface area contributed by atoms with E-state index < -0.39 is 0 Å². The predicted molar refractivity (Wildman–Crippen MR) is 88.6 cm³/mol. The van der Waals surface area contributed by atoms with Gasteiger partial charge in [-0.25, -0.2) is 4.98 Å². The summed E-state index contributed by atoms with van der Waals surface area (Å²) in [4.78, 5) is 16.4. The molecule has 0 saturated heterocycles. The summed E-state index contributed by atoms with van der Waals surface area (Å²) in [7, 11) is 0. The summed E-state index contributed by atoms with van der Waals surface area (Å²) >= 11 is 0. The molecule has 5 heteroatoms. The summed E-state index contributed by atoms with van der Waals surface area (Å²) in [5.74, 6) is 0.291. The number of hydrogen-bond acceptors (Lipinski definition) is 3. The SMILES string of the molecule is CCCC(C(=O)Nc1ccc(N)nc1)c1ccccc1.Cl. The fourth-order valence-corrected chi connectivity index (χ4v) is 2.13. The van der Waals surface area contributed by atoms with Gasteiger partial charge in [0.25, 0.3) is 0 Å². The lowest BCUT2D eigenvalue weighted by Crippen LogP contribution is -2.21. The zero-order valence-electron chi connectivity index (χ0n) is 12.0. The van der Waals surface area contributed by atoms with Gasteiger partial charge in [0.2, 0.25) is 5.91 Å². The summed E-state index contributed by atoms with van der Waals surface area (Å²) < 4.78 is 0. The zero-order valence-corrected chi connectivity index (χ0v) is 12.8. The Morgan fingerprint density at radius 2 is 1.95 bits per heavy atom. The second-order valence-electron chi connectivity index (χ2n) is 4.71. The van der Waals surface area contributed by atoms with E-state index in [1.54, 1.807) is 18.3 Å². The number of amides is 1. The van der Waals surface area contributed by atoms with Gasteiger partial charge in [0.15, 0.2) is 0 Å². The molecule has 2 aromatic rings. The number of nitrogen functional groups attached to an aromatic ring is 1. The van der Waals surface area contributed by atoms with Crippen molar-refractivity contribution in [2.45, 2.75) is 25.7 Å². The Kier molecular flexibility index (Phi) is 6.69. The Labute approximate surface area is 131 Å². The highest BCUT2D eigenvalue weighted by molar-refractivity contribution is 5.95. The molecule has 1 aromatic heterocycles. The maximum atomic E-state index is 12.4. The number of aromatic nitrogens is 1. The maximum absolute atomic E-state index is 12.4. The van der Waals surface area contributed by atoms with Gasteiger partial charge in [0.05, 0.1) is 17.8 Å². The van der Waals surface area contributed by atoms with Crippen molar-refractivity contribution in [2.75, 3.05) is 11.1 Å². The van der Waals surface area contributed by atoms with Crippen LogP contribution in [0, 0.1) is 0 Å². The van der Waals surface area contributed by atoms with Crippen LogP contribution in [0.4, 0.5) is 11.5 Å². The molecule has 1 heterocycles. The average molecular weight is 306 g/mol. The molecule has 1 amide bonds. The van der Waals surface area contributed by atoms with E-state index in [4.69, 9.17) is 5.73 Å². The van der Waals surface area contributed by atoms with Gasteiger partial charge in [-0.1, -0.05) is 43.7 Å². The molecule has 1 unspecified atom stereocenters. The van der Waals surface area contributed by atoms with E-state index >= 15 is 0 Å². The van der Waals surface area contributed by atoms with Crippen LogP contribution in [0.2, 0.25) is 0 Å². The van der Waals surface area contributed by atoms with Crippen molar-refractivity contribution in [1.82, 2.24) is 4.98 Å². The van der Waals surface area contributed by atoms with E-state index in [1.165, 1.54) is 0 Å². The third kappa shape index (κ3) is 4.76. The number of carbonyl (C=O) groups excluding carboxylic acids is 1. The fraction of sp³-hybridized carbons (Fsp3) is 0.250. The van der Waals surface area contributed by atoms with Gasteiger partial charge in [-0.05, 0) is 24.1 Å². The lowest BCUT2D eigenvalue weighted by Gasteiger charge is -2.16. The van der Waals surface area contributed by atoms with Crippen LogP contribution in [-0.2, 0) is 4.79 Å². The molecule has 0 aliphatic carbocycles. The molecule has 0 bridgehead atoms. The van der Waals surface area contributed by atoms with Crippen LogP contribution in [-0.4, -0.2) is 10.9 Å². The van der Waals surface area contributed by atoms with E-state index in [0.717, 1.165) is 18.4 Å². The van der Waals surface area contributed by atoms with Gasteiger partial charge in [-0.3, -0.25) is 4.79 Å². The van der Waals surface area contributed by atoms with Crippen molar-refractivity contribution in [3.05, 3.63) is 54.2 Å². The molecule has 0 aliphatic heterocycles. The number of halogens is 1. The number of nitrogens with two attached hydrogens (primary N) is 1. The Bertz CT molecular complexity index is 557. The minimum atomic E-state index is -0.140. The molecule has 3 N–H and O–H groups in total. The molecular weight excluding hydrogens is 286 g/mol. The minimum Gasteiger partial charge on any atom is -0.384 e. The van der Waals surface area contributed by atoms with Crippen molar-refractivity contribution in [3.8, 4) is 0 Å². The van der Waals surface area contributed by atoms with Crippen LogP contribution >= 0.6 is 12.4 Å². The summed E-state index contributed by atoms with van der Waals surface area (Å²) in [5, 5.41) is 2.90. The molecule has 0 fully saturated rings. The number of rotatable bonds is 5. The van der Waals surface area contributed by atoms with Crippen LogP contribution in [0.3, 0.4) is 0 Å². The van der Waals surface area contributed by atoms with Gasteiger partial charge >= 0.3 is 0 Å². The molecule has 0 radical (unpaired) electrons. The van der Waals surface area contributed by atoms with Gasteiger partial charge in [0.1, 0.15) is 5.82 Å². The number of benzene rings is 1. The zero-order chi connectivity index (χ0) is 14.4. The molecule has 1 aromatic carbocycles. The molecule has 0 aliphatic rings. The molecule has 0 saturated carbocycles. The topological polar surface area (TPSA) is 68.0 Å². The number of pyridine rings is 1. The fourth-order valence-electron chi connectivity index (χ4n) is 2.13. The van der Waals surface area contributed by atoms with E-state index in [2.05, 4.69) is 17.2 Å². The summed E-state index contributed by atoms with van der Waals surface area (Å²) in [6.45, 7) is 2.08. The van der Waals surface area contributed by atoms with Gasteiger partial charge in [-0.2, -0.15) is 0 Å². The van der Waals surface area contributed by atoms with Crippen LogP contribution in [0.1, 0.15) is 31.2 Å². The molecule has 21 heavy (non-hydrogen) atoms. The largest absolute Gasteiger partial charge is 0.384 e. The molecule has 112 valence electrons. The average Bonchev–Trinajstić information content (AvgIpc) is 2.48. The molecular formula is C16H20ClN3O. The van der Waals surface area contributed by atoms with Crippen molar-refractivity contribution in [1.29, 1.82) is 0 Å². The van der Waals surface area contributed by atoms with Crippen molar-refractivity contribution in [3.63, 3.8) is 0 Å². The molecule has 2 rings (SSSR count).